The van der Waals surface area contributed by atoms with Gasteiger partial charge in [0.2, 0.25) is 0 Å². The number of aryl methyl sites for hydroxylation is 1. The lowest BCUT2D eigenvalue weighted by Crippen LogP contribution is -2.07. The fourth-order valence-corrected chi connectivity index (χ4v) is 1.99. The predicted molar refractivity (Wildman–Crippen MR) is 79.4 cm³/mol. The lowest BCUT2D eigenvalue weighted by atomic mass is 10.1. The van der Waals surface area contributed by atoms with Crippen LogP contribution in [-0.2, 0) is 12.8 Å². The number of aromatic nitrogens is 2. The maximum absolute atomic E-state index is 13.2. The van der Waals surface area contributed by atoms with E-state index in [9.17, 15) is 4.39 Å². The van der Waals surface area contributed by atoms with Crippen LogP contribution < -0.4 is 5.32 Å². The number of nitrogens with zero attached hydrogens (tertiary/aromatic N) is 2. The fourth-order valence-electron chi connectivity index (χ4n) is 1.99. The summed E-state index contributed by atoms with van der Waals surface area (Å²) in [4.78, 5) is 9.01. The highest BCUT2D eigenvalue weighted by atomic mass is 19.1. The van der Waals surface area contributed by atoms with Crippen molar-refractivity contribution in [1.29, 1.82) is 0 Å². The van der Waals surface area contributed by atoms with Crippen molar-refractivity contribution >= 4 is 5.82 Å². The van der Waals surface area contributed by atoms with E-state index in [1.807, 2.05) is 12.1 Å². The first-order valence-corrected chi connectivity index (χ1v) is 7.06. The van der Waals surface area contributed by atoms with E-state index >= 15 is 0 Å². The van der Waals surface area contributed by atoms with E-state index in [0.717, 1.165) is 42.3 Å². The van der Waals surface area contributed by atoms with E-state index in [-0.39, 0.29) is 5.82 Å². The van der Waals surface area contributed by atoms with Crippen LogP contribution >= 0.6 is 0 Å². The smallest absolute Gasteiger partial charge is 0.135 e. The Kier molecular flexibility index (Phi) is 5.04. The largest absolute Gasteiger partial charge is 0.370 e. The van der Waals surface area contributed by atoms with Crippen LogP contribution in [0.15, 0.2) is 30.3 Å². The van der Waals surface area contributed by atoms with E-state index in [4.69, 9.17) is 0 Å². The van der Waals surface area contributed by atoms with Crippen molar-refractivity contribution in [1.82, 2.24) is 9.97 Å². The molecule has 0 atom stereocenters. The molecule has 1 N–H and O–H groups in total. The van der Waals surface area contributed by atoms with Gasteiger partial charge in [-0.1, -0.05) is 26.0 Å². The fraction of sp³-hybridized carbons (Fsp3) is 0.375. The Labute approximate surface area is 119 Å². The van der Waals surface area contributed by atoms with Gasteiger partial charge in [-0.25, -0.2) is 14.4 Å². The Hall–Kier alpha value is -1.97. The summed E-state index contributed by atoms with van der Waals surface area (Å²) in [6.45, 7) is 5.07. The van der Waals surface area contributed by atoms with Gasteiger partial charge in [-0.2, -0.15) is 0 Å². The van der Waals surface area contributed by atoms with E-state index in [1.54, 1.807) is 6.07 Å². The molecule has 0 bridgehead atoms. The van der Waals surface area contributed by atoms with Crippen LogP contribution in [0.4, 0.5) is 10.2 Å². The minimum Gasteiger partial charge on any atom is -0.370 e. The lowest BCUT2D eigenvalue weighted by Gasteiger charge is -2.09. The second-order valence-electron chi connectivity index (χ2n) is 4.75. The highest BCUT2D eigenvalue weighted by Gasteiger charge is 2.05. The van der Waals surface area contributed by atoms with Crippen molar-refractivity contribution in [3.8, 4) is 0 Å². The van der Waals surface area contributed by atoms with Crippen molar-refractivity contribution in [2.75, 3.05) is 11.9 Å². The molecule has 106 valence electrons. The number of nitrogens with one attached hydrogen (secondary N) is 1. The molecule has 0 unspecified atom stereocenters. The molecule has 0 aliphatic rings. The van der Waals surface area contributed by atoms with Crippen LogP contribution in [0.25, 0.3) is 0 Å². The van der Waals surface area contributed by atoms with Crippen LogP contribution in [0, 0.1) is 5.82 Å². The summed E-state index contributed by atoms with van der Waals surface area (Å²) in [5, 5.41) is 3.28. The van der Waals surface area contributed by atoms with Crippen LogP contribution in [0.5, 0.6) is 0 Å². The maximum Gasteiger partial charge on any atom is 0.135 e. The van der Waals surface area contributed by atoms with Gasteiger partial charge in [0.1, 0.15) is 17.5 Å². The summed E-state index contributed by atoms with van der Waals surface area (Å²) in [6, 6.07) is 8.56. The minimum absolute atomic E-state index is 0.224. The molecule has 1 aromatic carbocycles. The van der Waals surface area contributed by atoms with Crippen molar-refractivity contribution in [2.45, 2.75) is 33.1 Å². The van der Waals surface area contributed by atoms with E-state index in [2.05, 4.69) is 29.1 Å². The summed E-state index contributed by atoms with van der Waals surface area (Å²) in [5.74, 6) is 1.36. The molecule has 0 aliphatic carbocycles. The second kappa shape index (κ2) is 6.98. The summed E-state index contributed by atoms with van der Waals surface area (Å²) in [5.41, 5.74) is 1.89. The summed E-state index contributed by atoms with van der Waals surface area (Å²) < 4.78 is 13.2. The third kappa shape index (κ3) is 4.02. The molecule has 2 aromatic rings. The first-order chi connectivity index (χ1) is 9.71. The molecular weight excluding hydrogens is 253 g/mol. The van der Waals surface area contributed by atoms with Gasteiger partial charge in [0.15, 0.2) is 0 Å². The normalized spacial score (nSPS) is 10.6. The third-order valence-corrected chi connectivity index (χ3v) is 3.00. The Bertz CT molecular complexity index is 569. The molecule has 1 heterocycles. The van der Waals surface area contributed by atoms with E-state index in [1.165, 1.54) is 12.1 Å². The summed E-state index contributed by atoms with van der Waals surface area (Å²) in [7, 11) is 0. The van der Waals surface area contributed by atoms with Crippen LogP contribution in [0.2, 0.25) is 0 Å². The zero-order valence-electron chi connectivity index (χ0n) is 12.0. The zero-order chi connectivity index (χ0) is 14.4. The molecule has 0 saturated heterocycles. The Morgan fingerprint density at radius 1 is 1.15 bits per heavy atom. The quantitative estimate of drug-likeness (QED) is 0.874. The zero-order valence-corrected chi connectivity index (χ0v) is 12.0. The van der Waals surface area contributed by atoms with Crippen LogP contribution in [0.1, 0.15) is 37.4 Å². The number of anilines is 1. The Morgan fingerprint density at radius 3 is 2.70 bits per heavy atom. The highest BCUT2D eigenvalue weighted by molar-refractivity contribution is 5.37. The Balaban J connectivity index is 2.21. The molecular formula is C16H20FN3. The SMILES string of the molecule is CCCNc1cc(CC)nc(Cc2cccc(F)c2)n1. The number of benzene rings is 1. The molecule has 0 aliphatic heterocycles. The minimum atomic E-state index is -0.224. The van der Waals surface area contributed by atoms with Gasteiger partial charge in [0, 0.05) is 24.7 Å². The number of hydrogen-bond donors (Lipinski definition) is 1. The van der Waals surface area contributed by atoms with Crippen molar-refractivity contribution < 1.29 is 4.39 Å². The van der Waals surface area contributed by atoms with E-state index < -0.39 is 0 Å². The summed E-state index contributed by atoms with van der Waals surface area (Å²) in [6.07, 6.45) is 2.45. The Morgan fingerprint density at radius 2 is 2.00 bits per heavy atom. The van der Waals surface area contributed by atoms with Crippen molar-refractivity contribution in [2.24, 2.45) is 0 Å². The number of hydrogen-bond acceptors (Lipinski definition) is 3. The molecule has 2 rings (SSSR count). The molecule has 0 saturated carbocycles. The lowest BCUT2D eigenvalue weighted by molar-refractivity contribution is 0.625. The predicted octanol–water partition coefficient (Wildman–Crippen LogP) is 3.59. The van der Waals surface area contributed by atoms with Crippen molar-refractivity contribution in [3.05, 3.63) is 53.2 Å². The van der Waals surface area contributed by atoms with E-state index in [0.29, 0.717) is 6.42 Å². The molecule has 0 spiro atoms. The molecule has 1 aromatic heterocycles. The molecule has 0 fully saturated rings. The van der Waals surface area contributed by atoms with Gasteiger partial charge in [-0.15, -0.1) is 0 Å². The van der Waals surface area contributed by atoms with Gasteiger partial charge in [-0.3, -0.25) is 0 Å². The number of rotatable bonds is 6. The average Bonchev–Trinajstić information content (AvgIpc) is 2.45. The standard InChI is InChI=1S/C16H20FN3/c1-3-8-18-15-11-14(4-2)19-16(20-15)10-12-6-5-7-13(17)9-12/h5-7,9,11H,3-4,8,10H2,1-2H3,(H,18,19,20). The molecule has 20 heavy (non-hydrogen) atoms. The van der Waals surface area contributed by atoms with Gasteiger partial charge in [0.25, 0.3) is 0 Å². The van der Waals surface area contributed by atoms with Gasteiger partial charge < -0.3 is 5.32 Å². The average molecular weight is 273 g/mol. The first kappa shape index (κ1) is 14.4. The van der Waals surface area contributed by atoms with Crippen LogP contribution in [-0.4, -0.2) is 16.5 Å². The third-order valence-electron chi connectivity index (χ3n) is 3.00. The van der Waals surface area contributed by atoms with Gasteiger partial charge >= 0.3 is 0 Å². The molecule has 0 radical (unpaired) electrons. The van der Waals surface area contributed by atoms with Crippen LogP contribution in [0.3, 0.4) is 0 Å². The summed E-state index contributed by atoms with van der Waals surface area (Å²) >= 11 is 0. The maximum atomic E-state index is 13.2. The van der Waals surface area contributed by atoms with Crippen molar-refractivity contribution in [3.63, 3.8) is 0 Å². The molecule has 4 heteroatoms. The number of halogens is 1. The highest BCUT2D eigenvalue weighted by Crippen LogP contribution is 2.12. The van der Waals surface area contributed by atoms with Gasteiger partial charge in [0.05, 0.1) is 0 Å². The molecule has 0 amide bonds. The molecule has 3 nitrogen and oxygen atoms in total. The topological polar surface area (TPSA) is 37.8 Å². The second-order valence-corrected chi connectivity index (χ2v) is 4.75. The first-order valence-electron chi connectivity index (χ1n) is 7.06. The monoisotopic (exact) mass is 273 g/mol. The van der Waals surface area contributed by atoms with Gasteiger partial charge in [-0.05, 0) is 30.5 Å².